The zero-order chi connectivity index (χ0) is 12.3. The molecule has 16 heavy (non-hydrogen) atoms. The molecule has 0 aromatic carbocycles. The van der Waals surface area contributed by atoms with Crippen molar-refractivity contribution in [1.29, 1.82) is 0 Å². The molecule has 1 aromatic heterocycles. The molecule has 0 N–H and O–H groups in total. The summed E-state index contributed by atoms with van der Waals surface area (Å²) in [5, 5.41) is 0. The minimum Gasteiger partial charge on any atom is -0.469 e. The third-order valence-corrected chi connectivity index (χ3v) is 2.49. The van der Waals surface area contributed by atoms with Crippen LogP contribution in [0.2, 0.25) is 0 Å². The summed E-state index contributed by atoms with van der Waals surface area (Å²) in [6.45, 7) is 5.53. The molecule has 0 spiro atoms. The number of esters is 1. The monoisotopic (exact) mass is 223 g/mol. The van der Waals surface area contributed by atoms with Crippen molar-refractivity contribution < 1.29 is 14.3 Å². The third kappa shape index (κ3) is 2.51. The fraction of sp³-hybridized carbons (Fsp3) is 0.500. The zero-order valence-corrected chi connectivity index (χ0v) is 10.1. The molecule has 0 radical (unpaired) electrons. The Kier molecular flexibility index (Phi) is 3.52. The van der Waals surface area contributed by atoms with E-state index in [0.717, 1.165) is 0 Å². The second kappa shape index (κ2) is 4.51. The van der Waals surface area contributed by atoms with Gasteiger partial charge in [-0.25, -0.2) is 0 Å². The lowest BCUT2D eigenvalue weighted by molar-refractivity contribution is -0.151. The molecule has 0 aliphatic rings. The van der Waals surface area contributed by atoms with Gasteiger partial charge in [0, 0.05) is 19.7 Å². The van der Waals surface area contributed by atoms with Crippen molar-refractivity contribution in [2.45, 2.75) is 27.3 Å². The highest BCUT2D eigenvalue weighted by molar-refractivity contribution is 5.92. The molecule has 88 valence electrons. The van der Waals surface area contributed by atoms with Crippen molar-refractivity contribution in [3.63, 3.8) is 0 Å². The van der Waals surface area contributed by atoms with E-state index in [1.807, 2.05) is 0 Å². The van der Waals surface area contributed by atoms with Crippen LogP contribution in [-0.4, -0.2) is 23.4 Å². The van der Waals surface area contributed by atoms with Crippen molar-refractivity contribution in [1.82, 2.24) is 4.57 Å². The maximum atomic E-state index is 11.5. The number of hydrogen-bond donors (Lipinski definition) is 0. The van der Waals surface area contributed by atoms with Crippen LogP contribution in [0.5, 0.6) is 0 Å². The van der Waals surface area contributed by atoms with Crippen molar-refractivity contribution in [2.75, 3.05) is 7.11 Å². The lowest BCUT2D eigenvalue weighted by atomic mass is 9.93. The lowest BCUT2D eigenvalue weighted by Gasteiger charge is -2.23. The van der Waals surface area contributed by atoms with Crippen LogP contribution in [0.25, 0.3) is 0 Å². The highest BCUT2D eigenvalue weighted by Crippen LogP contribution is 2.21. The normalized spacial score (nSPS) is 11.2. The lowest BCUT2D eigenvalue weighted by Crippen LogP contribution is -2.31. The van der Waals surface area contributed by atoms with Crippen LogP contribution in [0, 0.1) is 5.41 Å². The van der Waals surface area contributed by atoms with Gasteiger partial charge in [0.2, 0.25) is 0 Å². The van der Waals surface area contributed by atoms with Gasteiger partial charge in [-0.1, -0.05) is 0 Å². The molecule has 0 aliphatic heterocycles. The van der Waals surface area contributed by atoms with Gasteiger partial charge in [0.05, 0.1) is 18.2 Å². The summed E-state index contributed by atoms with van der Waals surface area (Å²) in [5.74, 6) is -0.290. The summed E-state index contributed by atoms with van der Waals surface area (Å²) < 4.78 is 6.50. The molecule has 0 saturated carbocycles. The summed E-state index contributed by atoms with van der Waals surface area (Å²) in [7, 11) is 1.37. The van der Waals surface area contributed by atoms with Crippen molar-refractivity contribution >= 4 is 11.8 Å². The average Bonchev–Trinajstić information content (AvgIpc) is 2.63. The standard InChI is InChI=1S/C12H17NO3/c1-9(14)10-6-5-7-13(10)8-12(2,3)11(15)16-4/h5-7H,8H2,1-4H3. The fourth-order valence-corrected chi connectivity index (χ4v) is 1.64. The van der Waals surface area contributed by atoms with Crippen LogP contribution < -0.4 is 0 Å². The van der Waals surface area contributed by atoms with Gasteiger partial charge in [0.25, 0.3) is 0 Å². The summed E-state index contributed by atoms with van der Waals surface area (Å²) in [6.07, 6.45) is 1.79. The van der Waals surface area contributed by atoms with E-state index in [0.29, 0.717) is 12.2 Å². The highest BCUT2D eigenvalue weighted by Gasteiger charge is 2.29. The van der Waals surface area contributed by atoms with Gasteiger partial charge in [0.15, 0.2) is 5.78 Å². The number of methoxy groups -OCH3 is 1. The fourth-order valence-electron chi connectivity index (χ4n) is 1.64. The molecule has 0 saturated heterocycles. The second-order valence-electron chi connectivity index (χ2n) is 4.45. The Hall–Kier alpha value is -1.58. The topological polar surface area (TPSA) is 48.3 Å². The number of Topliss-reactive ketones (excluding diaryl/α,β-unsaturated/α-hetero) is 1. The Balaban J connectivity index is 2.92. The van der Waals surface area contributed by atoms with Gasteiger partial charge in [-0.05, 0) is 26.0 Å². The summed E-state index contributed by atoms with van der Waals surface area (Å²) in [4.78, 5) is 22.8. The number of ether oxygens (including phenoxy) is 1. The predicted octanol–water partition coefficient (Wildman–Crippen LogP) is 1.89. The van der Waals surface area contributed by atoms with E-state index in [4.69, 9.17) is 4.74 Å². The van der Waals surface area contributed by atoms with E-state index < -0.39 is 5.41 Å². The first-order chi connectivity index (χ1) is 7.38. The Bertz CT molecular complexity index is 404. The molecule has 0 bridgehead atoms. The summed E-state index contributed by atoms with van der Waals surface area (Å²) in [5.41, 5.74) is -0.0326. The first kappa shape index (κ1) is 12.5. The van der Waals surface area contributed by atoms with Gasteiger partial charge in [-0.15, -0.1) is 0 Å². The van der Waals surface area contributed by atoms with E-state index in [2.05, 4.69) is 0 Å². The number of ketones is 1. The van der Waals surface area contributed by atoms with E-state index in [1.54, 1.807) is 36.7 Å². The second-order valence-corrected chi connectivity index (χ2v) is 4.45. The van der Waals surface area contributed by atoms with Crippen molar-refractivity contribution in [3.05, 3.63) is 24.0 Å². The molecule has 0 atom stereocenters. The quantitative estimate of drug-likeness (QED) is 0.578. The SMILES string of the molecule is COC(=O)C(C)(C)Cn1cccc1C(C)=O. The van der Waals surface area contributed by atoms with E-state index in [1.165, 1.54) is 14.0 Å². The highest BCUT2D eigenvalue weighted by atomic mass is 16.5. The Morgan fingerprint density at radius 3 is 2.56 bits per heavy atom. The van der Waals surface area contributed by atoms with Crippen LogP contribution in [-0.2, 0) is 16.1 Å². The summed E-state index contributed by atoms with van der Waals surface area (Å²) >= 11 is 0. The van der Waals surface area contributed by atoms with Crippen LogP contribution in [0.4, 0.5) is 0 Å². The van der Waals surface area contributed by atoms with Crippen molar-refractivity contribution in [3.8, 4) is 0 Å². The Morgan fingerprint density at radius 1 is 1.44 bits per heavy atom. The maximum absolute atomic E-state index is 11.5. The Labute approximate surface area is 95.2 Å². The smallest absolute Gasteiger partial charge is 0.313 e. The van der Waals surface area contributed by atoms with E-state index >= 15 is 0 Å². The molecule has 0 amide bonds. The van der Waals surface area contributed by atoms with Crippen molar-refractivity contribution in [2.24, 2.45) is 5.41 Å². The first-order valence-corrected chi connectivity index (χ1v) is 5.13. The van der Waals surface area contributed by atoms with E-state index in [-0.39, 0.29) is 11.8 Å². The number of carbonyl (C=O) groups excluding carboxylic acids is 2. The molecule has 4 nitrogen and oxygen atoms in total. The average molecular weight is 223 g/mol. The molecule has 0 fully saturated rings. The molecule has 1 heterocycles. The minimum absolute atomic E-state index is 0.00864. The maximum Gasteiger partial charge on any atom is 0.313 e. The minimum atomic E-state index is -0.641. The van der Waals surface area contributed by atoms with Crippen LogP contribution in [0.3, 0.4) is 0 Å². The van der Waals surface area contributed by atoms with Gasteiger partial charge in [-0.3, -0.25) is 9.59 Å². The molecular weight excluding hydrogens is 206 g/mol. The molecule has 4 heteroatoms. The number of rotatable bonds is 4. The molecule has 1 rings (SSSR count). The predicted molar refractivity (Wildman–Crippen MR) is 60.2 cm³/mol. The van der Waals surface area contributed by atoms with Gasteiger partial charge in [0.1, 0.15) is 0 Å². The van der Waals surface area contributed by atoms with Crippen LogP contribution >= 0.6 is 0 Å². The van der Waals surface area contributed by atoms with Gasteiger partial charge < -0.3 is 9.30 Å². The molecule has 0 unspecified atom stereocenters. The van der Waals surface area contributed by atoms with E-state index in [9.17, 15) is 9.59 Å². The van der Waals surface area contributed by atoms with Crippen LogP contribution in [0.15, 0.2) is 18.3 Å². The Morgan fingerprint density at radius 2 is 2.06 bits per heavy atom. The third-order valence-electron chi connectivity index (χ3n) is 2.49. The largest absolute Gasteiger partial charge is 0.469 e. The first-order valence-electron chi connectivity index (χ1n) is 5.13. The molecule has 1 aromatic rings. The van der Waals surface area contributed by atoms with Crippen LogP contribution in [0.1, 0.15) is 31.3 Å². The summed E-state index contributed by atoms with van der Waals surface area (Å²) in [6, 6.07) is 3.54. The number of nitrogens with zero attached hydrogens (tertiary/aromatic N) is 1. The number of aromatic nitrogens is 1. The molecule has 0 aliphatic carbocycles. The van der Waals surface area contributed by atoms with Gasteiger partial charge in [-0.2, -0.15) is 0 Å². The zero-order valence-electron chi connectivity index (χ0n) is 10.1. The molecular formula is C12H17NO3. The van der Waals surface area contributed by atoms with Gasteiger partial charge >= 0.3 is 5.97 Å². The number of hydrogen-bond acceptors (Lipinski definition) is 3. The number of carbonyl (C=O) groups is 2.